The van der Waals surface area contributed by atoms with Crippen LogP contribution in [0, 0.1) is 6.92 Å². The van der Waals surface area contributed by atoms with Crippen LogP contribution in [0.3, 0.4) is 0 Å². The Bertz CT molecular complexity index is 523. The fraction of sp³-hybridized carbons (Fsp3) is 0.684. The summed E-state index contributed by atoms with van der Waals surface area (Å²) < 4.78 is 34.5. The molecule has 1 aromatic rings. The number of unbranched alkanes of at least 4 members (excludes halogenated alkanes) is 6. The van der Waals surface area contributed by atoms with Crippen molar-refractivity contribution in [2.24, 2.45) is 0 Å². The largest absolute Gasteiger partial charge is 0.381 e. The maximum atomic E-state index is 12.0. The Hall–Kier alpha value is -0.910. The van der Waals surface area contributed by atoms with Crippen LogP contribution in [0.15, 0.2) is 29.2 Å². The van der Waals surface area contributed by atoms with E-state index in [-0.39, 0.29) is 11.5 Å². The molecule has 0 aliphatic carbocycles. The third-order valence-corrected chi connectivity index (χ3v) is 5.20. The normalized spacial score (nSPS) is 11.8. The lowest BCUT2D eigenvalue weighted by atomic mass is 10.1. The van der Waals surface area contributed by atoms with Crippen LogP contribution in [0.25, 0.3) is 0 Å². The minimum absolute atomic E-state index is 0.160. The average Bonchev–Trinajstić information content (AvgIpc) is 2.56. The third kappa shape index (κ3) is 9.40. The smallest absolute Gasteiger partial charge is 0.296 e. The molecule has 0 N–H and O–H groups in total. The summed E-state index contributed by atoms with van der Waals surface area (Å²) in [5.41, 5.74) is 1.02. The van der Waals surface area contributed by atoms with Crippen molar-refractivity contribution in [1.82, 2.24) is 0 Å². The number of benzene rings is 1. The molecule has 0 aliphatic heterocycles. The van der Waals surface area contributed by atoms with Crippen molar-refractivity contribution < 1.29 is 17.3 Å². The minimum Gasteiger partial charge on any atom is -0.381 e. The number of ether oxygens (including phenoxy) is 1. The number of hydrogen-bond acceptors (Lipinski definition) is 4. The zero-order valence-corrected chi connectivity index (χ0v) is 15.9. The van der Waals surface area contributed by atoms with Crippen molar-refractivity contribution in [3.63, 3.8) is 0 Å². The van der Waals surface area contributed by atoms with Gasteiger partial charge in [0.1, 0.15) is 0 Å². The van der Waals surface area contributed by atoms with E-state index in [0.717, 1.165) is 18.6 Å². The number of rotatable bonds is 14. The van der Waals surface area contributed by atoms with Crippen LogP contribution >= 0.6 is 0 Å². The molecule has 138 valence electrons. The summed E-state index contributed by atoms with van der Waals surface area (Å²) >= 11 is 0. The van der Waals surface area contributed by atoms with Gasteiger partial charge in [-0.15, -0.1) is 0 Å². The lowest BCUT2D eigenvalue weighted by Gasteiger charge is -2.07. The fourth-order valence-corrected chi connectivity index (χ4v) is 3.31. The first-order valence-electron chi connectivity index (χ1n) is 9.10. The first kappa shape index (κ1) is 21.1. The molecule has 0 aliphatic rings. The highest BCUT2D eigenvalue weighted by molar-refractivity contribution is 7.86. The van der Waals surface area contributed by atoms with E-state index in [1.165, 1.54) is 38.5 Å². The van der Waals surface area contributed by atoms with Crippen molar-refractivity contribution >= 4 is 10.1 Å². The van der Waals surface area contributed by atoms with Crippen molar-refractivity contribution in [1.29, 1.82) is 0 Å². The molecule has 24 heavy (non-hydrogen) atoms. The number of aryl methyl sites for hydroxylation is 1. The molecule has 5 heteroatoms. The lowest BCUT2D eigenvalue weighted by Crippen LogP contribution is -2.09. The molecule has 0 atom stereocenters. The highest BCUT2D eigenvalue weighted by atomic mass is 32.2. The molecule has 0 fully saturated rings. The summed E-state index contributed by atoms with van der Waals surface area (Å²) in [6.07, 6.45) is 9.43. The van der Waals surface area contributed by atoms with Gasteiger partial charge in [0.05, 0.1) is 11.5 Å². The Labute approximate surface area is 147 Å². The van der Waals surface area contributed by atoms with Crippen molar-refractivity contribution in [3.05, 3.63) is 29.8 Å². The van der Waals surface area contributed by atoms with E-state index in [9.17, 15) is 8.42 Å². The second-order valence-corrected chi connectivity index (χ2v) is 7.79. The molecular weight excluding hydrogens is 324 g/mol. The Morgan fingerprint density at radius 1 is 0.792 bits per heavy atom. The predicted molar refractivity (Wildman–Crippen MR) is 97.7 cm³/mol. The van der Waals surface area contributed by atoms with Gasteiger partial charge < -0.3 is 4.74 Å². The van der Waals surface area contributed by atoms with Gasteiger partial charge in [0.25, 0.3) is 10.1 Å². The Morgan fingerprint density at radius 2 is 1.38 bits per heavy atom. The molecule has 1 rings (SSSR count). The number of hydrogen-bond donors (Lipinski definition) is 0. The first-order valence-corrected chi connectivity index (χ1v) is 10.5. The van der Waals surface area contributed by atoms with Gasteiger partial charge in [-0.3, -0.25) is 4.18 Å². The summed E-state index contributed by atoms with van der Waals surface area (Å²) in [4.78, 5) is 0.206. The molecule has 0 amide bonds. The standard InChI is InChI=1S/C19H32O4S/c1-3-4-5-6-7-8-9-15-22-16-10-17-23-24(20,21)19-13-11-18(2)12-14-19/h11-14H,3-10,15-17H2,1-2H3. The van der Waals surface area contributed by atoms with Crippen LogP contribution in [0.4, 0.5) is 0 Å². The topological polar surface area (TPSA) is 52.6 Å². The van der Waals surface area contributed by atoms with Gasteiger partial charge in [-0.2, -0.15) is 8.42 Å². The van der Waals surface area contributed by atoms with E-state index in [4.69, 9.17) is 8.92 Å². The van der Waals surface area contributed by atoms with Crippen molar-refractivity contribution in [3.8, 4) is 0 Å². The van der Waals surface area contributed by atoms with E-state index in [1.807, 2.05) is 6.92 Å². The Morgan fingerprint density at radius 3 is 2.04 bits per heavy atom. The van der Waals surface area contributed by atoms with Gasteiger partial charge in [-0.05, 0) is 31.9 Å². The monoisotopic (exact) mass is 356 g/mol. The zero-order valence-electron chi connectivity index (χ0n) is 15.1. The van der Waals surface area contributed by atoms with Gasteiger partial charge in [-0.25, -0.2) is 0 Å². The summed E-state index contributed by atoms with van der Waals surface area (Å²) in [6.45, 7) is 5.59. The summed E-state index contributed by atoms with van der Waals surface area (Å²) in [5.74, 6) is 0. The van der Waals surface area contributed by atoms with Crippen LogP contribution in [0.1, 0.15) is 63.9 Å². The second kappa shape index (κ2) is 12.5. The van der Waals surface area contributed by atoms with Crippen LogP contribution < -0.4 is 0 Å². The highest BCUT2D eigenvalue weighted by Gasteiger charge is 2.14. The summed E-state index contributed by atoms with van der Waals surface area (Å²) in [5, 5.41) is 0. The van der Waals surface area contributed by atoms with Gasteiger partial charge in [0, 0.05) is 13.2 Å². The van der Waals surface area contributed by atoms with E-state index < -0.39 is 10.1 Å². The lowest BCUT2D eigenvalue weighted by molar-refractivity contribution is 0.116. The van der Waals surface area contributed by atoms with Crippen LogP contribution in [0.5, 0.6) is 0 Å². The molecule has 1 aromatic carbocycles. The molecule has 0 unspecified atom stereocenters. The quantitative estimate of drug-likeness (QED) is 0.353. The molecule has 0 spiro atoms. The average molecular weight is 357 g/mol. The molecule has 0 radical (unpaired) electrons. The van der Waals surface area contributed by atoms with Crippen LogP contribution in [-0.2, 0) is 19.0 Å². The zero-order chi connectivity index (χ0) is 17.7. The molecule has 4 nitrogen and oxygen atoms in total. The predicted octanol–water partition coefficient (Wildman–Crippen LogP) is 4.86. The molecule has 0 bridgehead atoms. The van der Waals surface area contributed by atoms with E-state index >= 15 is 0 Å². The van der Waals surface area contributed by atoms with Crippen molar-refractivity contribution in [2.75, 3.05) is 19.8 Å². The fourth-order valence-electron chi connectivity index (χ4n) is 2.37. The van der Waals surface area contributed by atoms with Gasteiger partial charge in [0.2, 0.25) is 0 Å². The minimum atomic E-state index is -3.65. The molecule has 0 aromatic heterocycles. The van der Waals surface area contributed by atoms with Crippen LogP contribution in [0.2, 0.25) is 0 Å². The highest BCUT2D eigenvalue weighted by Crippen LogP contribution is 2.13. The SMILES string of the molecule is CCCCCCCCCOCCCOS(=O)(=O)c1ccc(C)cc1. The maximum absolute atomic E-state index is 12.0. The molecule has 0 saturated carbocycles. The van der Waals surface area contributed by atoms with E-state index in [2.05, 4.69) is 6.92 Å². The molecule has 0 heterocycles. The van der Waals surface area contributed by atoms with Crippen LogP contribution in [-0.4, -0.2) is 28.2 Å². The summed E-state index contributed by atoms with van der Waals surface area (Å²) in [6, 6.07) is 6.67. The van der Waals surface area contributed by atoms with Gasteiger partial charge in [0.15, 0.2) is 0 Å². The maximum Gasteiger partial charge on any atom is 0.296 e. The van der Waals surface area contributed by atoms with E-state index in [0.29, 0.717) is 13.0 Å². The van der Waals surface area contributed by atoms with Crippen molar-refractivity contribution in [2.45, 2.75) is 70.1 Å². The van der Waals surface area contributed by atoms with Gasteiger partial charge >= 0.3 is 0 Å². The summed E-state index contributed by atoms with van der Waals surface area (Å²) in [7, 11) is -3.65. The first-order chi connectivity index (χ1) is 11.6. The Balaban J connectivity index is 2.01. The molecule has 0 saturated heterocycles. The molecular formula is C19H32O4S. The van der Waals surface area contributed by atoms with Gasteiger partial charge in [-0.1, -0.05) is 63.1 Å². The third-order valence-electron chi connectivity index (χ3n) is 3.87. The Kier molecular flexibility index (Phi) is 11.0. The second-order valence-electron chi connectivity index (χ2n) is 6.18. The van der Waals surface area contributed by atoms with E-state index in [1.54, 1.807) is 24.3 Å².